The molecule has 0 spiro atoms. The number of phenols is 1. The minimum Gasteiger partial charge on any atom is -0.506 e. The third-order valence-electron chi connectivity index (χ3n) is 4.61. The zero-order valence-electron chi connectivity index (χ0n) is 13.4. The Balaban J connectivity index is 1.93. The summed E-state index contributed by atoms with van der Waals surface area (Å²) in [4.78, 5) is 22.5. The standard InChI is InChI=1S/C18H16I2N2O2S/c19-9-7-11(15(23)12(20)8-9)16-21-17(24)14-10-5-3-1-2-4-6-13(10)25-18(14)22-16/h7-8,23H,1-6H2,(H,21,22,24). The summed E-state index contributed by atoms with van der Waals surface area (Å²) in [5.41, 5.74) is 1.68. The van der Waals surface area contributed by atoms with E-state index in [-0.39, 0.29) is 11.3 Å². The summed E-state index contributed by atoms with van der Waals surface area (Å²) in [6, 6.07) is 3.75. The van der Waals surface area contributed by atoms with Crippen LogP contribution in [0.4, 0.5) is 0 Å². The first-order valence-corrected chi connectivity index (χ1v) is 11.2. The van der Waals surface area contributed by atoms with Gasteiger partial charge in [0, 0.05) is 8.45 Å². The molecule has 0 fully saturated rings. The van der Waals surface area contributed by atoms with Gasteiger partial charge in [0.25, 0.3) is 5.56 Å². The fourth-order valence-corrected chi connectivity index (χ4v) is 6.50. The first kappa shape index (κ1) is 17.7. The number of rotatable bonds is 1. The predicted octanol–water partition coefficient (Wildman–Crippen LogP) is 5.23. The summed E-state index contributed by atoms with van der Waals surface area (Å²) in [5.74, 6) is 0.610. The fourth-order valence-electron chi connectivity index (χ4n) is 3.39. The molecule has 0 saturated carbocycles. The molecule has 4 nitrogen and oxygen atoms in total. The van der Waals surface area contributed by atoms with Crippen LogP contribution in [0.2, 0.25) is 0 Å². The molecule has 1 aliphatic rings. The van der Waals surface area contributed by atoms with Gasteiger partial charge in [0.05, 0.1) is 14.5 Å². The zero-order valence-corrected chi connectivity index (χ0v) is 18.5. The third-order valence-corrected chi connectivity index (χ3v) is 7.24. The van der Waals surface area contributed by atoms with E-state index in [9.17, 15) is 9.90 Å². The van der Waals surface area contributed by atoms with Crippen LogP contribution in [0.5, 0.6) is 5.75 Å². The van der Waals surface area contributed by atoms with Gasteiger partial charge in [0.15, 0.2) is 0 Å². The minimum absolute atomic E-state index is 0.0913. The van der Waals surface area contributed by atoms with Gasteiger partial charge in [-0.1, -0.05) is 12.8 Å². The molecule has 4 rings (SSSR count). The molecule has 0 aliphatic heterocycles. The van der Waals surface area contributed by atoms with Crippen molar-refractivity contribution >= 4 is 66.7 Å². The molecule has 0 atom stereocenters. The molecule has 130 valence electrons. The van der Waals surface area contributed by atoms with Gasteiger partial charge in [-0.05, 0) is 88.6 Å². The smallest absolute Gasteiger partial charge is 0.260 e. The zero-order chi connectivity index (χ0) is 17.6. The number of aromatic amines is 1. The van der Waals surface area contributed by atoms with Crippen molar-refractivity contribution in [1.29, 1.82) is 0 Å². The van der Waals surface area contributed by atoms with Crippen LogP contribution in [-0.2, 0) is 12.8 Å². The highest BCUT2D eigenvalue weighted by Crippen LogP contribution is 2.36. The summed E-state index contributed by atoms with van der Waals surface area (Å²) in [7, 11) is 0. The summed E-state index contributed by atoms with van der Waals surface area (Å²) >= 11 is 5.94. The van der Waals surface area contributed by atoms with E-state index in [1.807, 2.05) is 12.1 Å². The summed E-state index contributed by atoms with van der Waals surface area (Å²) in [5, 5.41) is 11.2. The number of thiophene rings is 1. The lowest BCUT2D eigenvalue weighted by Gasteiger charge is -2.09. The topological polar surface area (TPSA) is 66.0 Å². The van der Waals surface area contributed by atoms with Crippen LogP contribution >= 0.6 is 56.5 Å². The van der Waals surface area contributed by atoms with Gasteiger partial charge in [0.1, 0.15) is 16.4 Å². The van der Waals surface area contributed by atoms with Crippen molar-refractivity contribution in [2.45, 2.75) is 38.5 Å². The van der Waals surface area contributed by atoms with Crippen molar-refractivity contribution in [3.8, 4) is 17.1 Å². The number of nitrogens with one attached hydrogen (secondary N) is 1. The summed E-state index contributed by atoms with van der Waals surface area (Å²) in [6.07, 6.45) is 6.81. The molecule has 0 radical (unpaired) electrons. The van der Waals surface area contributed by atoms with Gasteiger partial charge >= 0.3 is 0 Å². The normalized spacial score (nSPS) is 15.0. The Morgan fingerprint density at radius 1 is 1.12 bits per heavy atom. The fraction of sp³-hybridized carbons (Fsp3) is 0.333. The number of benzene rings is 1. The Morgan fingerprint density at radius 2 is 1.88 bits per heavy atom. The number of fused-ring (bicyclic) bond motifs is 3. The molecule has 3 aromatic rings. The molecule has 1 aliphatic carbocycles. The number of nitrogens with zero attached hydrogens (tertiary/aromatic N) is 1. The van der Waals surface area contributed by atoms with E-state index in [4.69, 9.17) is 4.98 Å². The second-order valence-electron chi connectivity index (χ2n) is 6.30. The van der Waals surface area contributed by atoms with E-state index in [2.05, 4.69) is 50.2 Å². The molecule has 1 aromatic carbocycles. The second-order valence-corrected chi connectivity index (χ2v) is 9.79. The monoisotopic (exact) mass is 578 g/mol. The predicted molar refractivity (Wildman–Crippen MR) is 119 cm³/mol. The molecule has 2 aromatic heterocycles. The molecule has 7 heteroatoms. The van der Waals surface area contributed by atoms with Crippen LogP contribution in [0.1, 0.15) is 36.1 Å². The average molecular weight is 578 g/mol. The second kappa shape index (κ2) is 7.15. The van der Waals surface area contributed by atoms with Crippen LogP contribution in [0.3, 0.4) is 0 Å². The molecule has 0 bridgehead atoms. The molecule has 2 heterocycles. The highest BCUT2D eigenvalue weighted by Gasteiger charge is 2.20. The number of aromatic hydroxyl groups is 1. The van der Waals surface area contributed by atoms with Crippen molar-refractivity contribution in [1.82, 2.24) is 9.97 Å². The van der Waals surface area contributed by atoms with Crippen molar-refractivity contribution < 1.29 is 5.11 Å². The lowest BCUT2D eigenvalue weighted by molar-refractivity contribution is 0.473. The van der Waals surface area contributed by atoms with Crippen molar-refractivity contribution in [3.05, 3.63) is 40.1 Å². The van der Waals surface area contributed by atoms with E-state index in [1.165, 1.54) is 29.7 Å². The molecular formula is C18H16I2N2O2S. The van der Waals surface area contributed by atoms with E-state index >= 15 is 0 Å². The van der Waals surface area contributed by atoms with Gasteiger partial charge in [-0.3, -0.25) is 4.79 Å². The lowest BCUT2D eigenvalue weighted by Crippen LogP contribution is -2.10. The van der Waals surface area contributed by atoms with Gasteiger partial charge < -0.3 is 10.1 Å². The highest BCUT2D eigenvalue weighted by molar-refractivity contribution is 14.1. The maximum absolute atomic E-state index is 12.8. The van der Waals surface area contributed by atoms with Crippen molar-refractivity contribution in [2.75, 3.05) is 0 Å². The van der Waals surface area contributed by atoms with Crippen LogP contribution in [0.25, 0.3) is 21.6 Å². The Labute approximate surface area is 176 Å². The molecule has 2 N–H and O–H groups in total. The lowest BCUT2D eigenvalue weighted by atomic mass is 9.98. The number of hydrogen-bond donors (Lipinski definition) is 2. The molecule has 0 saturated heterocycles. The largest absolute Gasteiger partial charge is 0.506 e. The third kappa shape index (κ3) is 3.34. The van der Waals surface area contributed by atoms with Crippen LogP contribution < -0.4 is 5.56 Å². The molecule has 25 heavy (non-hydrogen) atoms. The van der Waals surface area contributed by atoms with E-state index < -0.39 is 0 Å². The Hall–Kier alpha value is -0.680. The minimum atomic E-state index is -0.0913. The summed E-state index contributed by atoms with van der Waals surface area (Å²) < 4.78 is 1.75. The SMILES string of the molecule is O=c1[nH]c(-c2cc(I)cc(I)c2O)nc2sc3c(c12)CCCCCC3. The Morgan fingerprint density at radius 3 is 2.68 bits per heavy atom. The average Bonchev–Trinajstić information content (AvgIpc) is 2.88. The van der Waals surface area contributed by atoms with Gasteiger partial charge in [-0.15, -0.1) is 11.3 Å². The molecule has 0 amide bonds. The Kier molecular flexibility index (Phi) is 5.07. The van der Waals surface area contributed by atoms with Gasteiger partial charge in [-0.25, -0.2) is 4.98 Å². The quantitative estimate of drug-likeness (QED) is 0.390. The maximum atomic E-state index is 12.8. The number of phenolic OH excluding ortho intramolecular Hbond substituents is 1. The number of aryl methyl sites for hydroxylation is 2. The molecular weight excluding hydrogens is 562 g/mol. The van der Waals surface area contributed by atoms with Crippen LogP contribution in [0.15, 0.2) is 16.9 Å². The van der Waals surface area contributed by atoms with E-state index in [0.29, 0.717) is 11.4 Å². The van der Waals surface area contributed by atoms with E-state index in [1.54, 1.807) is 11.3 Å². The van der Waals surface area contributed by atoms with Crippen LogP contribution in [-0.4, -0.2) is 15.1 Å². The summed E-state index contributed by atoms with van der Waals surface area (Å²) in [6.45, 7) is 0. The van der Waals surface area contributed by atoms with E-state index in [0.717, 1.165) is 36.6 Å². The van der Waals surface area contributed by atoms with Crippen molar-refractivity contribution in [2.24, 2.45) is 0 Å². The maximum Gasteiger partial charge on any atom is 0.260 e. The van der Waals surface area contributed by atoms with Crippen LogP contribution in [0, 0.1) is 7.14 Å². The number of hydrogen-bond acceptors (Lipinski definition) is 4. The number of halogens is 2. The first-order chi connectivity index (χ1) is 12.0. The highest BCUT2D eigenvalue weighted by atomic mass is 127. The van der Waals surface area contributed by atoms with Crippen molar-refractivity contribution in [3.63, 3.8) is 0 Å². The number of aromatic nitrogens is 2. The number of H-pyrrole nitrogens is 1. The first-order valence-electron chi connectivity index (χ1n) is 8.27. The Bertz CT molecular complexity index is 1030. The molecule has 0 unspecified atom stereocenters. The van der Waals surface area contributed by atoms with Gasteiger partial charge in [0.2, 0.25) is 0 Å². The van der Waals surface area contributed by atoms with Gasteiger partial charge in [-0.2, -0.15) is 0 Å².